The molecule has 61 heavy (non-hydrogen) atoms. The van der Waals surface area contributed by atoms with Crippen LogP contribution in [0.1, 0.15) is 190 Å². The predicted molar refractivity (Wildman–Crippen MR) is 276 cm³/mol. The zero-order chi connectivity index (χ0) is 42.8. The Hall–Kier alpha value is -3.37. The molecule has 0 saturated heterocycles. The minimum atomic E-state index is -1.97. The van der Waals surface area contributed by atoms with Crippen molar-refractivity contribution in [2.24, 2.45) is 0 Å². The molecule has 0 amide bonds. The molecule has 0 N–H and O–H groups in total. The minimum absolute atomic E-state index is 1.17. The third-order valence-electron chi connectivity index (χ3n) is 13.8. The summed E-state index contributed by atoms with van der Waals surface area (Å²) in [6, 6.07) is 38.1. The van der Waals surface area contributed by atoms with Crippen LogP contribution < -0.4 is 13.3 Å². The highest BCUT2D eigenvalue weighted by Crippen LogP contribution is 2.30. The van der Waals surface area contributed by atoms with Crippen molar-refractivity contribution < 1.29 is 0 Å². The zero-order valence-corrected chi connectivity index (χ0v) is 40.9. The molecule has 6 rings (SSSR count). The van der Waals surface area contributed by atoms with E-state index in [1.54, 1.807) is 62.8 Å². The number of hydrogen-bond acceptors (Lipinski definition) is 0. The molecule has 0 aliphatic heterocycles. The normalized spacial score (nSPS) is 11.7. The van der Waals surface area contributed by atoms with Gasteiger partial charge in [-0.3, -0.25) is 0 Å². The predicted octanol–water partition coefficient (Wildman–Crippen LogP) is 16.1. The second-order valence-corrected chi connectivity index (χ2v) is 21.6. The van der Waals surface area contributed by atoms with Crippen molar-refractivity contribution in [3.8, 4) is 0 Å². The van der Waals surface area contributed by atoms with E-state index in [2.05, 4.69) is 133 Å². The van der Waals surface area contributed by atoms with Gasteiger partial charge in [0, 0.05) is 0 Å². The van der Waals surface area contributed by atoms with Crippen LogP contribution in [0.5, 0.6) is 0 Å². The maximum absolute atomic E-state index is 2.75. The van der Waals surface area contributed by atoms with E-state index in [0.717, 1.165) is 0 Å². The molecular formula is C60H81Al. The average Bonchev–Trinajstić information content (AvgIpc) is 3.27. The third-order valence-corrected chi connectivity index (χ3v) is 16.8. The molecule has 0 atom stereocenters. The highest BCUT2D eigenvalue weighted by molar-refractivity contribution is 6.96. The smallest absolute Gasteiger partial charge is 0.0977 e. The van der Waals surface area contributed by atoms with Crippen molar-refractivity contribution in [1.82, 2.24) is 0 Å². The summed E-state index contributed by atoms with van der Waals surface area (Å²) < 4.78 is 4.84. The maximum Gasteiger partial charge on any atom is 0.383 e. The van der Waals surface area contributed by atoms with Gasteiger partial charge in [0.15, 0.2) is 0 Å². The molecular weight excluding hydrogens is 748 g/mol. The Bertz CT molecular complexity index is 2000. The zero-order valence-electron chi connectivity index (χ0n) is 39.7. The number of rotatable bonds is 27. The van der Waals surface area contributed by atoms with Gasteiger partial charge in [0.2, 0.25) is 0 Å². The van der Waals surface area contributed by atoms with Crippen molar-refractivity contribution in [3.63, 3.8) is 0 Å². The lowest BCUT2D eigenvalue weighted by molar-refractivity contribution is 0.714. The van der Waals surface area contributed by atoms with Crippen LogP contribution in [0.15, 0.2) is 91.0 Å². The van der Waals surface area contributed by atoms with E-state index in [1.807, 2.05) is 0 Å². The first kappa shape index (κ1) is 47.1. The van der Waals surface area contributed by atoms with E-state index in [1.165, 1.54) is 170 Å². The summed E-state index contributed by atoms with van der Waals surface area (Å²) >= 11 is -1.97. The summed E-state index contributed by atoms with van der Waals surface area (Å²) in [5, 5.41) is 9.12. The lowest BCUT2D eigenvalue weighted by Gasteiger charge is -2.23. The van der Waals surface area contributed by atoms with Crippen molar-refractivity contribution in [2.45, 2.75) is 196 Å². The van der Waals surface area contributed by atoms with Crippen molar-refractivity contribution in [2.75, 3.05) is 0 Å². The summed E-state index contributed by atoms with van der Waals surface area (Å²) in [6.45, 7) is 14.1. The molecule has 0 nitrogen and oxygen atoms in total. The second kappa shape index (κ2) is 25.1. The van der Waals surface area contributed by atoms with Gasteiger partial charge >= 0.3 is 14.1 Å². The Balaban J connectivity index is 1.64. The highest BCUT2D eigenvalue weighted by Gasteiger charge is 2.29. The van der Waals surface area contributed by atoms with Crippen LogP contribution in [-0.4, -0.2) is 14.1 Å². The molecule has 6 aromatic carbocycles. The van der Waals surface area contributed by atoms with Gasteiger partial charge in [0.25, 0.3) is 0 Å². The fourth-order valence-electron chi connectivity index (χ4n) is 10.6. The van der Waals surface area contributed by atoms with E-state index in [0.29, 0.717) is 0 Å². The molecule has 0 bridgehead atoms. The molecule has 1 heteroatoms. The quantitative estimate of drug-likeness (QED) is 0.0358. The van der Waals surface area contributed by atoms with Crippen LogP contribution in [0.4, 0.5) is 0 Å². The van der Waals surface area contributed by atoms with E-state index < -0.39 is 14.1 Å². The Morgan fingerprint density at radius 3 is 0.770 bits per heavy atom. The van der Waals surface area contributed by atoms with Crippen LogP contribution in [0.2, 0.25) is 0 Å². The molecule has 0 heterocycles. The molecule has 0 aromatic heterocycles. The van der Waals surface area contributed by atoms with Gasteiger partial charge < -0.3 is 0 Å². The molecule has 0 aliphatic rings. The Morgan fingerprint density at radius 1 is 0.279 bits per heavy atom. The van der Waals surface area contributed by atoms with E-state index in [-0.39, 0.29) is 0 Å². The number of hydrogen-bond donors (Lipinski definition) is 0. The molecule has 0 unspecified atom stereocenters. The maximum atomic E-state index is 2.75. The Kier molecular flexibility index (Phi) is 19.4. The molecule has 0 aliphatic carbocycles. The Morgan fingerprint density at radius 2 is 0.525 bits per heavy atom. The third kappa shape index (κ3) is 12.4. The number of aryl methyl sites for hydroxylation is 6. The van der Waals surface area contributed by atoms with Crippen LogP contribution in [0.25, 0.3) is 32.3 Å². The summed E-state index contributed by atoms with van der Waals surface area (Å²) in [5.74, 6) is 0. The van der Waals surface area contributed by atoms with Gasteiger partial charge in [-0.2, -0.15) is 0 Å². The molecule has 324 valence electrons. The summed E-state index contributed by atoms with van der Waals surface area (Å²) in [5.41, 5.74) is 9.53. The number of fused-ring (bicyclic) bond motifs is 3. The van der Waals surface area contributed by atoms with Crippen molar-refractivity contribution in [3.05, 3.63) is 124 Å². The van der Waals surface area contributed by atoms with Gasteiger partial charge in [-0.25, -0.2) is 0 Å². The standard InChI is InChI=1S/3C20H27.Al/c3*1-3-5-7-11-17-13-9-15-19-16-10-14-18(20(17)19)12-8-6-4-2;/h3*9,13-16H,3-8,11-12H2,1-2H3;. The van der Waals surface area contributed by atoms with Gasteiger partial charge in [-0.1, -0.05) is 223 Å². The molecule has 0 spiro atoms. The first-order chi connectivity index (χ1) is 30.0. The first-order valence-electron chi connectivity index (χ1n) is 25.7. The largest absolute Gasteiger partial charge is 0.383 e. The second-order valence-electron chi connectivity index (χ2n) is 18.8. The molecule has 0 saturated carbocycles. The lowest BCUT2D eigenvalue weighted by Crippen LogP contribution is -2.52. The van der Waals surface area contributed by atoms with Gasteiger partial charge in [0.1, 0.15) is 0 Å². The van der Waals surface area contributed by atoms with E-state index in [4.69, 9.17) is 0 Å². The SMILES string of the molecule is CCCCCc1cccc2c[c]([Al]([c]3cc(CCCCC)c4c(CCCCC)cccc4c3)[c]3cc(CCCCC)c4c(CCCCC)cccc4c3)cc(CCCCC)c12. The minimum Gasteiger partial charge on any atom is -0.0977 e. The number of unbranched alkanes of at least 4 members (excludes halogenated alkanes) is 12. The summed E-state index contributed by atoms with van der Waals surface area (Å²) in [6.07, 6.45) is 30.1. The average molecular weight is 829 g/mol. The van der Waals surface area contributed by atoms with Crippen LogP contribution in [-0.2, 0) is 38.5 Å². The van der Waals surface area contributed by atoms with Crippen LogP contribution in [0.3, 0.4) is 0 Å². The summed E-state index contributed by atoms with van der Waals surface area (Å²) in [4.78, 5) is 0. The monoisotopic (exact) mass is 829 g/mol. The van der Waals surface area contributed by atoms with Gasteiger partial charge in [-0.15, -0.1) is 0 Å². The van der Waals surface area contributed by atoms with Crippen LogP contribution in [0, 0.1) is 0 Å². The topological polar surface area (TPSA) is 0 Å². The van der Waals surface area contributed by atoms with Crippen LogP contribution >= 0.6 is 0 Å². The molecule has 0 radical (unpaired) electrons. The first-order valence-corrected chi connectivity index (χ1v) is 27.4. The van der Waals surface area contributed by atoms with Crippen molar-refractivity contribution >= 4 is 59.7 Å². The molecule has 0 fully saturated rings. The van der Waals surface area contributed by atoms with Gasteiger partial charge in [0.05, 0.1) is 0 Å². The number of benzene rings is 6. The highest BCUT2D eigenvalue weighted by atomic mass is 27.2. The summed E-state index contributed by atoms with van der Waals surface area (Å²) in [7, 11) is 0. The van der Waals surface area contributed by atoms with E-state index in [9.17, 15) is 0 Å². The van der Waals surface area contributed by atoms with Crippen molar-refractivity contribution in [1.29, 1.82) is 0 Å². The van der Waals surface area contributed by atoms with E-state index >= 15 is 0 Å². The fourth-order valence-corrected chi connectivity index (χ4v) is 13.9. The fraction of sp³-hybridized carbons (Fsp3) is 0.500. The Labute approximate surface area is 377 Å². The van der Waals surface area contributed by atoms with Gasteiger partial charge in [-0.05, 0) is 143 Å². The lowest BCUT2D eigenvalue weighted by atomic mass is 9.93. The molecule has 6 aromatic rings.